The number of amides is 1. The summed E-state index contributed by atoms with van der Waals surface area (Å²) in [6.07, 6.45) is 2.84. The van der Waals surface area contributed by atoms with E-state index in [1.165, 1.54) is 11.1 Å². The molecule has 1 aromatic carbocycles. The van der Waals surface area contributed by atoms with Gasteiger partial charge >= 0.3 is 0 Å². The summed E-state index contributed by atoms with van der Waals surface area (Å²) >= 11 is 5.86. The monoisotopic (exact) mass is 457 g/mol. The highest BCUT2D eigenvalue weighted by molar-refractivity contribution is 6.29. The zero-order chi connectivity index (χ0) is 23.0. The lowest BCUT2D eigenvalue weighted by Crippen LogP contribution is -2.49. The molecule has 4 rings (SSSR count). The lowest BCUT2D eigenvalue weighted by molar-refractivity contribution is 0.0568. The Kier molecular flexibility index (Phi) is 6.75. The Morgan fingerprint density at radius 1 is 1.19 bits per heavy atom. The number of rotatable bonds is 7. The molecule has 0 spiro atoms. The number of hydrogen-bond donors (Lipinski definition) is 1. The number of likely N-dealkylation sites (tertiary alicyclic amines) is 2. The SMILES string of the molecule is Cc1c(OCC[C@@H](C)O)ccc([C@H](C)N2C[C@@H]3C[C@H]2CN3C(=O)c2ccc(Cl)nc2)c1C. The van der Waals surface area contributed by atoms with Gasteiger partial charge in [0.1, 0.15) is 10.9 Å². The predicted octanol–water partition coefficient (Wildman–Crippen LogP) is 4.16. The van der Waals surface area contributed by atoms with Crippen LogP contribution in [0.4, 0.5) is 0 Å². The van der Waals surface area contributed by atoms with Crippen LogP contribution in [0.5, 0.6) is 5.75 Å². The minimum atomic E-state index is -0.358. The van der Waals surface area contributed by atoms with Crippen LogP contribution in [0.15, 0.2) is 30.5 Å². The maximum Gasteiger partial charge on any atom is 0.255 e. The average Bonchev–Trinajstić information content (AvgIpc) is 3.37. The Hall–Kier alpha value is -2.15. The highest BCUT2D eigenvalue weighted by Crippen LogP contribution is 2.39. The topological polar surface area (TPSA) is 65.9 Å². The molecule has 172 valence electrons. The van der Waals surface area contributed by atoms with E-state index in [0.29, 0.717) is 29.8 Å². The predicted molar refractivity (Wildman–Crippen MR) is 125 cm³/mol. The molecular formula is C25H32ClN3O3. The van der Waals surface area contributed by atoms with Crippen molar-refractivity contribution in [1.29, 1.82) is 0 Å². The van der Waals surface area contributed by atoms with E-state index < -0.39 is 0 Å². The second-order valence-electron chi connectivity index (χ2n) is 9.13. The summed E-state index contributed by atoms with van der Waals surface area (Å²) in [5.74, 6) is 0.926. The second kappa shape index (κ2) is 9.38. The fraction of sp³-hybridized carbons (Fsp3) is 0.520. The van der Waals surface area contributed by atoms with Gasteiger partial charge in [0.05, 0.1) is 18.3 Å². The van der Waals surface area contributed by atoms with Crippen LogP contribution in [0.25, 0.3) is 0 Å². The molecular weight excluding hydrogens is 426 g/mol. The minimum absolute atomic E-state index is 0.0414. The third-order valence-electron chi connectivity index (χ3n) is 7.04. The minimum Gasteiger partial charge on any atom is -0.493 e. The Bertz CT molecular complexity index is 979. The van der Waals surface area contributed by atoms with Gasteiger partial charge in [-0.3, -0.25) is 9.69 Å². The Balaban J connectivity index is 1.42. The van der Waals surface area contributed by atoms with Crippen LogP contribution in [-0.2, 0) is 0 Å². The van der Waals surface area contributed by atoms with E-state index in [2.05, 4.69) is 36.7 Å². The zero-order valence-corrected chi connectivity index (χ0v) is 20.0. The molecule has 6 nitrogen and oxygen atoms in total. The number of carbonyl (C=O) groups excluding carboxylic acids is 1. The maximum atomic E-state index is 13.0. The second-order valence-corrected chi connectivity index (χ2v) is 9.52. The number of fused-ring (bicyclic) bond motifs is 2. The van der Waals surface area contributed by atoms with Crippen molar-refractivity contribution in [2.75, 3.05) is 19.7 Å². The Labute approximate surface area is 195 Å². The highest BCUT2D eigenvalue weighted by atomic mass is 35.5. The number of aliphatic hydroxyl groups is 1. The van der Waals surface area contributed by atoms with Crippen LogP contribution < -0.4 is 4.74 Å². The number of nitrogens with zero attached hydrogens (tertiary/aromatic N) is 3. The quantitative estimate of drug-likeness (QED) is 0.632. The van der Waals surface area contributed by atoms with Crippen molar-refractivity contribution in [2.45, 2.75) is 64.8 Å². The van der Waals surface area contributed by atoms with E-state index in [-0.39, 0.29) is 24.1 Å². The van der Waals surface area contributed by atoms with Crippen LogP contribution in [-0.4, -0.2) is 63.7 Å². The molecule has 1 aromatic heterocycles. The summed E-state index contributed by atoms with van der Waals surface area (Å²) in [5, 5.41) is 9.85. The first-order valence-corrected chi connectivity index (χ1v) is 11.7. The molecule has 0 aliphatic carbocycles. The lowest BCUT2D eigenvalue weighted by Gasteiger charge is -2.38. The number of hydrogen-bond acceptors (Lipinski definition) is 5. The number of piperazine rings is 1. The van der Waals surface area contributed by atoms with Gasteiger partial charge < -0.3 is 14.7 Å². The van der Waals surface area contributed by atoms with Gasteiger partial charge in [0, 0.05) is 43.8 Å². The third-order valence-corrected chi connectivity index (χ3v) is 7.26. The van der Waals surface area contributed by atoms with Gasteiger partial charge in [-0.1, -0.05) is 17.7 Å². The summed E-state index contributed by atoms with van der Waals surface area (Å²) < 4.78 is 5.90. The normalized spacial score (nSPS) is 22.2. The first kappa shape index (κ1) is 23.0. The van der Waals surface area contributed by atoms with Gasteiger partial charge in [-0.05, 0) is 69.0 Å². The van der Waals surface area contributed by atoms with Crippen molar-refractivity contribution < 1.29 is 14.6 Å². The first-order valence-electron chi connectivity index (χ1n) is 11.4. The number of aromatic nitrogens is 1. The van der Waals surface area contributed by atoms with Gasteiger partial charge in [0.2, 0.25) is 0 Å². The third kappa shape index (κ3) is 4.49. The van der Waals surface area contributed by atoms with Crippen molar-refractivity contribution >= 4 is 17.5 Å². The summed E-state index contributed by atoms with van der Waals surface area (Å²) in [4.78, 5) is 21.5. The molecule has 0 unspecified atom stereocenters. The van der Waals surface area contributed by atoms with Crippen molar-refractivity contribution in [3.63, 3.8) is 0 Å². The number of pyridine rings is 1. The first-order chi connectivity index (χ1) is 15.3. The largest absolute Gasteiger partial charge is 0.493 e. The highest BCUT2D eigenvalue weighted by Gasteiger charge is 2.47. The number of ether oxygens (including phenoxy) is 1. The molecule has 7 heteroatoms. The van der Waals surface area contributed by atoms with Gasteiger partial charge in [-0.25, -0.2) is 4.98 Å². The number of aliphatic hydroxyl groups excluding tert-OH is 1. The maximum absolute atomic E-state index is 13.0. The molecule has 2 bridgehead atoms. The van der Waals surface area contributed by atoms with E-state index in [1.54, 1.807) is 25.3 Å². The fourth-order valence-corrected chi connectivity index (χ4v) is 5.14. The van der Waals surface area contributed by atoms with E-state index in [1.807, 2.05) is 11.0 Å². The van der Waals surface area contributed by atoms with Crippen LogP contribution in [0.1, 0.15) is 59.8 Å². The van der Waals surface area contributed by atoms with Crippen LogP contribution in [0.3, 0.4) is 0 Å². The van der Waals surface area contributed by atoms with Gasteiger partial charge in [-0.2, -0.15) is 0 Å². The van der Waals surface area contributed by atoms with E-state index in [9.17, 15) is 9.90 Å². The Morgan fingerprint density at radius 2 is 1.97 bits per heavy atom. The summed E-state index contributed by atoms with van der Waals surface area (Å²) in [7, 11) is 0. The molecule has 1 amide bonds. The summed E-state index contributed by atoms with van der Waals surface area (Å²) in [6, 6.07) is 8.49. The van der Waals surface area contributed by atoms with Gasteiger partial charge in [-0.15, -0.1) is 0 Å². The van der Waals surface area contributed by atoms with Crippen molar-refractivity contribution in [1.82, 2.24) is 14.8 Å². The number of carbonyl (C=O) groups is 1. The Morgan fingerprint density at radius 3 is 2.59 bits per heavy atom. The van der Waals surface area contributed by atoms with Gasteiger partial charge in [0.15, 0.2) is 0 Å². The number of benzene rings is 1. The van der Waals surface area contributed by atoms with Crippen LogP contribution in [0, 0.1) is 13.8 Å². The van der Waals surface area contributed by atoms with E-state index in [0.717, 1.165) is 30.8 Å². The lowest BCUT2D eigenvalue weighted by atomic mass is 9.96. The van der Waals surface area contributed by atoms with Crippen LogP contribution in [0.2, 0.25) is 5.15 Å². The molecule has 3 heterocycles. The summed E-state index contributed by atoms with van der Waals surface area (Å²) in [6.45, 7) is 10.4. The molecule has 1 N–H and O–H groups in total. The molecule has 32 heavy (non-hydrogen) atoms. The fourth-order valence-electron chi connectivity index (χ4n) is 5.03. The molecule has 0 saturated carbocycles. The van der Waals surface area contributed by atoms with Gasteiger partial charge in [0.25, 0.3) is 5.91 Å². The average molecular weight is 458 g/mol. The van der Waals surface area contributed by atoms with E-state index in [4.69, 9.17) is 16.3 Å². The summed E-state index contributed by atoms with van der Waals surface area (Å²) in [5.41, 5.74) is 4.29. The van der Waals surface area contributed by atoms with Crippen molar-refractivity contribution in [2.24, 2.45) is 0 Å². The molecule has 2 aromatic rings. The molecule has 2 aliphatic heterocycles. The molecule has 2 fully saturated rings. The van der Waals surface area contributed by atoms with Crippen molar-refractivity contribution in [3.05, 3.63) is 57.9 Å². The molecule has 4 atom stereocenters. The van der Waals surface area contributed by atoms with E-state index >= 15 is 0 Å². The molecule has 2 aliphatic rings. The van der Waals surface area contributed by atoms with Crippen molar-refractivity contribution in [3.8, 4) is 5.75 Å². The zero-order valence-electron chi connectivity index (χ0n) is 19.2. The molecule has 2 saturated heterocycles. The molecule has 0 radical (unpaired) electrons. The standard InChI is InChI=1S/C25H32ClN3O3/c1-15(30)9-10-32-23-7-6-22(16(2)17(23)3)18(4)28-13-21-11-20(28)14-29(21)25(31)19-5-8-24(26)27-12-19/h5-8,12,15,18,20-21,30H,9-11,13-14H2,1-4H3/t15-,18+,20+,21+/m1/s1. The number of halogens is 1. The smallest absolute Gasteiger partial charge is 0.255 e. The van der Waals surface area contributed by atoms with Crippen LogP contribution >= 0.6 is 11.6 Å².